The highest BCUT2D eigenvalue weighted by atomic mass is 16.5. The summed E-state index contributed by atoms with van der Waals surface area (Å²) < 4.78 is 10.3. The lowest BCUT2D eigenvalue weighted by molar-refractivity contribution is 0.0521. The fraction of sp³-hybridized carbons (Fsp3) is 0.308. The van der Waals surface area contributed by atoms with Gasteiger partial charge in [0.2, 0.25) is 0 Å². The van der Waals surface area contributed by atoms with Gasteiger partial charge in [0.1, 0.15) is 17.9 Å². The van der Waals surface area contributed by atoms with Gasteiger partial charge in [0.15, 0.2) is 0 Å². The summed E-state index contributed by atoms with van der Waals surface area (Å²) in [4.78, 5) is 11.7. The molecule has 0 saturated carbocycles. The fourth-order valence-electron chi connectivity index (χ4n) is 1.35. The molecule has 3 nitrogen and oxygen atoms in total. The van der Waals surface area contributed by atoms with Crippen LogP contribution in [0.1, 0.15) is 22.8 Å². The van der Waals surface area contributed by atoms with Crippen LogP contribution in [0.4, 0.5) is 0 Å². The zero-order valence-corrected chi connectivity index (χ0v) is 9.45. The highest BCUT2D eigenvalue weighted by Gasteiger charge is 2.16. The maximum atomic E-state index is 11.7. The topological polar surface area (TPSA) is 35.5 Å². The summed E-state index contributed by atoms with van der Waals surface area (Å²) in [5.74, 6) is 2.45. The van der Waals surface area contributed by atoms with Gasteiger partial charge in [-0.3, -0.25) is 0 Å². The first-order valence-corrected chi connectivity index (χ1v) is 5.03. The Hall–Kier alpha value is -1.95. The highest BCUT2D eigenvalue weighted by molar-refractivity contribution is 5.94. The molecule has 0 unspecified atom stereocenters. The molecule has 0 aromatic heterocycles. The summed E-state index contributed by atoms with van der Waals surface area (Å²) in [6.07, 6.45) is 5.11. The zero-order chi connectivity index (χ0) is 12.0. The smallest absolute Gasteiger partial charge is 0.342 e. The molecular formula is C13H14O3. The Morgan fingerprint density at radius 1 is 1.50 bits per heavy atom. The molecule has 0 N–H and O–H groups in total. The molecule has 0 atom stereocenters. The van der Waals surface area contributed by atoms with Crippen LogP contribution < -0.4 is 4.74 Å². The average molecular weight is 218 g/mol. The van der Waals surface area contributed by atoms with Crippen LogP contribution in [0.2, 0.25) is 0 Å². The van der Waals surface area contributed by atoms with E-state index in [9.17, 15) is 4.79 Å². The first-order valence-electron chi connectivity index (χ1n) is 5.03. The minimum absolute atomic E-state index is 0.135. The number of terminal acetylenes is 1. The minimum atomic E-state index is -0.382. The molecule has 1 rings (SSSR count). The van der Waals surface area contributed by atoms with E-state index < -0.39 is 0 Å². The van der Waals surface area contributed by atoms with E-state index in [1.807, 2.05) is 19.1 Å². The summed E-state index contributed by atoms with van der Waals surface area (Å²) in [6.45, 7) is 4.06. The number of carbonyl (C=O) groups excluding carboxylic acids is 1. The van der Waals surface area contributed by atoms with Crippen molar-refractivity contribution in [3.8, 4) is 18.1 Å². The van der Waals surface area contributed by atoms with Gasteiger partial charge in [-0.15, -0.1) is 6.42 Å². The van der Waals surface area contributed by atoms with Gasteiger partial charge in [0, 0.05) is 0 Å². The highest BCUT2D eigenvalue weighted by Crippen LogP contribution is 2.22. The lowest BCUT2D eigenvalue weighted by atomic mass is 10.1. The molecule has 0 aliphatic carbocycles. The minimum Gasteiger partial charge on any atom is -0.480 e. The van der Waals surface area contributed by atoms with Gasteiger partial charge in [-0.1, -0.05) is 18.1 Å². The molecule has 0 spiro atoms. The van der Waals surface area contributed by atoms with Gasteiger partial charge in [-0.25, -0.2) is 4.79 Å². The quantitative estimate of drug-likeness (QED) is 0.574. The molecule has 1 aromatic carbocycles. The molecule has 0 fully saturated rings. The number of hydrogen-bond acceptors (Lipinski definition) is 3. The van der Waals surface area contributed by atoms with Gasteiger partial charge in [0.05, 0.1) is 6.61 Å². The predicted molar refractivity (Wildman–Crippen MR) is 61.5 cm³/mol. The van der Waals surface area contributed by atoms with Crippen molar-refractivity contribution in [2.45, 2.75) is 13.8 Å². The van der Waals surface area contributed by atoms with E-state index in [1.165, 1.54) is 0 Å². The van der Waals surface area contributed by atoms with Crippen LogP contribution in [0.25, 0.3) is 0 Å². The molecule has 3 heteroatoms. The van der Waals surface area contributed by atoms with Gasteiger partial charge in [0.25, 0.3) is 0 Å². The molecule has 1 aromatic rings. The Morgan fingerprint density at radius 2 is 2.25 bits per heavy atom. The van der Waals surface area contributed by atoms with E-state index in [0.29, 0.717) is 17.9 Å². The Morgan fingerprint density at radius 3 is 2.88 bits per heavy atom. The SMILES string of the molecule is C#CCOc1cccc(C)c1C(=O)OCC. The first-order chi connectivity index (χ1) is 7.70. The van der Waals surface area contributed by atoms with E-state index in [4.69, 9.17) is 15.9 Å². The van der Waals surface area contributed by atoms with Crippen molar-refractivity contribution in [3.05, 3.63) is 29.3 Å². The van der Waals surface area contributed by atoms with E-state index in [0.717, 1.165) is 5.56 Å². The molecule has 0 saturated heterocycles. The standard InChI is InChI=1S/C13H14O3/c1-4-9-16-11-8-6-7-10(3)12(11)13(14)15-5-2/h1,6-8H,5,9H2,2-3H3. The molecule has 0 amide bonds. The summed E-state index contributed by atoms with van der Waals surface area (Å²) >= 11 is 0. The number of rotatable bonds is 4. The average Bonchev–Trinajstić information content (AvgIpc) is 2.26. The Labute approximate surface area is 95.4 Å². The van der Waals surface area contributed by atoms with Crippen molar-refractivity contribution in [2.24, 2.45) is 0 Å². The molecule has 0 bridgehead atoms. The van der Waals surface area contributed by atoms with Crippen molar-refractivity contribution in [3.63, 3.8) is 0 Å². The zero-order valence-electron chi connectivity index (χ0n) is 9.45. The van der Waals surface area contributed by atoms with Crippen molar-refractivity contribution in [1.29, 1.82) is 0 Å². The summed E-state index contributed by atoms with van der Waals surface area (Å²) in [7, 11) is 0. The van der Waals surface area contributed by atoms with Crippen molar-refractivity contribution in [1.82, 2.24) is 0 Å². The van der Waals surface area contributed by atoms with Crippen molar-refractivity contribution in [2.75, 3.05) is 13.2 Å². The molecule has 0 aliphatic heterocycles. The summed E-state index contributed by atoms with van der Waals surface area (Å²) in [6, 6.07) is 5.34. The van der Waals surface area contributed by atoms with Gasteiger partial charge in [-0.2, -0.15) is 0 Å². The normalized spacial score (nSPS) is 9.31. The lowest BCUT2D eigenvalue weighted by Gasteiger charge is -2.11. The van der Waals surface area contributed by atoms with Crippen LogP contribution in [0.15, 0.2) is 18.2 Å². The molecule has 0 heterocycles. The lowest BCUT2D eigenvalue weighted by Crippen LogP contribution is -2.10. The molecule has 84 valence electrons. The number of carbonyl (C=O) groups is 1. The molecule has 0 radical (unpaired) electrons. The van der Waals surface area contributed by atoms with Gasteiger partial charge in [-0.05, 0) is 25.5 Å². The second-order valence-electron chi connectivity index (χ2n) is 3.16. The molecule has 16 heavy (non-hydrogen) atoms. The Bertz CT molecular complexity index is 416. The van der Waals surface area contributed by atoms with E-state index >= 15 is 0 Å². The van der Waals surface area contributed by atoms with Gasteiger partial charge >= 0.3 is 5.97 Å². The Kier molecular flexibility index (Phi) is 4.41. The number of hydrogen-bond donors (Lipinski definition) is 0. The number of aryl methyl sites for hydroxylation is 1. The third-order valence-electron chi connectivity index (χ3n) is 2.03. The second-order valence-corrected chi connectivity index (χ2v) is 3.16. The van der Waals surface area contributed by atoms with Crippen LogP contribution in [0.3, 0.4) is 0 Å². The maximum Gasteiger partial charge on any atom is 0.342 e. The molecular weight excluding hydrogens is 204 g/mol. The fourth-order valence-corrected chi connectivity index (χ4v) is 1.35. The van der Waals surface area contributed by atoms with E-state index in [1.54, 1.807) is 13.0 Å². The van der Waals surface area contributed by atoms with Crippen LogP contribution in [0, 0.1) is 19.3 Å². The third-order valence-corrected chi connectivity index (χ3v) is 2.03. The van der Waals surface area contributed by atoms with Crippen LogP contribution in [0.5, 0.6) is 5.75 Å². The monoisotopic (exact) mass is 218 g/mol. The number of ether oxygens (including phenoxy) is 2. The van der Waals surface area contributed by atoms with Crippen LogP contribution in [-0.2, 0) is 4.74 Å². The second kappa shape index (κ2) is 5.82. The number of benzene rings is 1. The van der Waals surface area contributed by atoms with Gasteiger partial charge < -0.3 is 9.47 Å². The predicted octanol–water partition coefficient (Wildman–Crippen LogP) is 2.18. The van der Waals surface area contributed by atoms with E-state index in [2.05, 4.69) is 5.92 Å². The molecule has 0 aliphatic rings. The summed E-state index contributed by atoms with van der Waals surface area (Å²) in [5, 5.41) is 0. The summed E-state index contributed by atoms with van der Waals surface area (Å²) in [5.41, 5.74) is 1.26. The Balaban J connectivity index is 3.03. The van der Waals surface area contributed by atoms with Crippen LogP contribution in [-0.4, -0.2) is 19.2 Å². The largest absolute Gasteiger partial charge is 0.480 e. The van der Waals surface area contributed by atoms with E-state index in [-0.39, 0.29) is 12.6 Å². The third kappa shape index (κ3) is 2.77. The first kappa shape index (κ1) is 12.1. The maximum absolute atomic E-state index is 11.7. The number of esters is 1. The van der Waals surface area contributed by atoms with Crippen LogP contribution >= 0.6 is 0 Å². The van der Waals surface area contributed by atoms with Crippen molar-refractivity contribution >= 4 is 5.97 Å². The van der Waals surface area contributed by atoms with Crippen molar-refractivity contribution < 1.29 is 14.3 Å².